The third-order valence-corrected chi connectivity index (χ3v) is 5.45. The highest BCUT2D eigenvalue weighted by atomic mass is 19.1. The number of anilines is 1. The molecule has 0 aliphatic carbocycles. The van der Waals surface area contributed by atoms with Crippen LogP contribution in [0.5, 0.6) is 5.75 Å². The summed E-state index contributed by atoms with van der Waals surface area (Å²) in [6, 6.07) is 12.2. The van der Waals surface area contributed by atoms with Crippen LogP contribution >= 0.6 is 0 Å². The van der Waals surface area contributed by atoms with Crippen molar-refractivity contribution in [3.63, 3.8) is 0 Å². The maximum atomic E-state index is 13.7. The molecule has 1 amide bonds. The van der Waals surface area contributed by atoms with E-state index in [4.69, 9.17) is 4.74 Å². The number of fused-ring (bicyclic) bond motifs is 1. The number of hydrogen-bond acceptors (Lipinski definition) is 5. The van der Waals surface area contributed by atoms with Gasteiger partial charge in [-0.25, -0.2) is 4.39 Å². The van der Waals surface area contributed by atoms with Crippen molar-refractivity contribution in [2.24, 2.45) is 0 Å². The number of nitrogens with zero attached hydrogens (tertiary/aromatic N) is 2. The number of carbonyl (C=O) groups excluding carboxylic acids is 1. The quantitative estimate of drug-likeness (QED) is 0.636. The summed E-state index contributed by atoms with van der Waals surface area (Å²) in [4.78, 5) is 32.2. The van der Waals surface area contributed by atoms with Gasteiger partial charge in [-0.3, -0.25) is 14.5 Å². The SMILES string of the molecule is CN1CCN(CCOc2ccccc2NC(=O)c2cc(=O)[nH]c3ccc(F)cc23)CC1. The predicted octanol–water partition coefficient (Wildman–Crippen LogP) is 2.55. The summed E-state index contributed by atoms with van der Waals surface area (Å²) < 4.78 is 19.7. The normalized spacial score (nSPS) is 15.2. The van der Waals surface area contributed by atoms with Crippen LogP contribution in [-0.4, -0.2) is 67.1 Å². The van der Waals surface area contributed by atoms with Gasteiger partial charge >= 0.3 is 0 Å². The molecule has 0 saturated carbocycles. The monoisotopic (exact) mass is 424 g/mol. The molecule has 0 spiro atoms. The molecule has 2 aromatic carbocycles. The summed E-state index contributed by atoms with van der Waals surface area (Å²) in [6.45, 7) is 5.38. The molecule has 0 bridgehead atoms. The number of benzene rings is 2. The average molecular weight is 424 g/mol. The smallest absolute Gasteiger partial charge is 0.256 e. The number of aromatic amines is 1. The lowest BCUT2D eigenvalue weighted by atomic mass is 10.1. The van der Waals surface area contributed by atoms with E-state index >= 15 is 0 Å². The van der Waals surface area contributed by atoms with Crippen molar-refractivity contribution in [2.45, 2.75) is 0 Å². The van der Waals surface area contributed by atoms with Crippen LogP contribution in [0.2, 0.25) is 0 Å². The fourth-order valence-electron chi connectivity index (χ4n) is 3.66. The molecule has 7 nitrogen and oxygen atoms in total. The second kappa shape index (κ2) is 9.28. The van der Waals surface area contributed by atoms with E-state index < -0.39 is 17.3 Å². The number of rotatable bonds is 6. The molecule has 0 unspecified atom stereocenters. The van der Waals surface area contributed by atoms with Gasteiger partial charge < -0.3 is 19.9 Å². The zero-order valence-electron chi connectivity index (χ0n) is 17.4. The molecule has 1 aliphatic heterocycles. The molecule has 2 N–H and O–H groups in total. The molecule has 1 aromatic heterocycles. The number of nitrogens with one attached hydrogen (secondary N) is 2. The Kier molecular flexibility index (Phi) is 6.29. The third kappa shape index (κ3) is 5.10. The Morgan fingerprint density at radius 2 is 1.90 bits per heavy atom. The summed E-state index contributed by atoms with van der Waals surface area (Å²) in [5.41, 5.74) is 0.568. The highest BCUT2D eigenvalue weighted by Gasteiger charge is 2.16. The molecule has 1 saturated heterocycles. The molecule has 1 fully saturated rings. The minimum absolute atomic E-state index is 0.102. The van der Waals surface area contributed by atoms with Gasteiger partial charge in [0.25, 0.3) is 5.91 Å². The molecule has 2 heterocycles. The fourth-order valence-corrected chi connectivity index (χ4v) is 3.66. The van der Waals surface area contributed by atoms with Crippen molar-refractivity contribution in [2.75, 3.05) is 51.7 Å². The Bertz CT molecular complexity index is 1140. The number of para-hydroxylation sites is 2. The number of piperazine rings is 1. The number of pyridine rings is 1. The Balaban J connectivity index is 1.48. The Morgan fingerprint density at radius 3 is 2.71 bits per heavy atom. The van der Waals surface area contributed by atoms with Crippen LogP contribution in [0.4, 0.5) is 10.1 Å². The first kappa shape index (κ1) is 21.0. The van der Waals surface area contributed by atoms with Crippen molar-refractivity contribution in [3.05, 3.63) is 70.3 Å². The second-order valence-corrected chi connectivity index (χ2v) is 7.68. The molecule has 8 heteroatoms. The van der Waals surface area contributed by atoms with Crippen molar-refractivity contribution in [1.82, 2.24) is 14.8 Å². The standard InChI is InChI=1S/C23H25FN4O3/c1-27-8-10-28(11-9-27)12-13-31-21-5-3-2-4-20(21)26-23(30)18-15-22(29)25-19-7-6-16(24)14-17(18)19/h2-7,14-15H,8-13H2,1H3,(H,25,29)(H,26,30). The molecule has 162 valence electrons. The molecule has 4 rings (SSSR count). The molecule has 0 radical (unpaired) electrons. The number of likely N-dealkylation sites (N-methyl/N-ethyl adjacent to an activating group) is 1. The van der Waals surface area contributed by atoms with Crippen molar-refractivity contribution in [3.8, 4) is 5.75 Å². The number of carbonyl (C=O) groups is 1. The topological polar surface area (TPSA) is 77.7 Å². The van der Waals surface area contributed by atoms with Gasteiger partial charge in [0.1, 0.15) is 18.2 Å². The van der Waals surface area contributed by atoms with Gasteiger partial charge in [-0.1, -0.05) is 12.1 Å². The predicted molar refractivity (Wildman–Crippen MR) is 118 cm³/mol. The van der Waals surface area contributed by atoms with Crippen LogP contribution < -0.4 is 15.6 Å². The average Bonchev–Trinajstić information content (AvgIpc) is 2.76. The van der Waals surface area contributed by atoms with Crippen LogP contribution in [0.1, 0.15) is 10.4 Å². The zero-order valence-corrected chi connectivity index (χ0v) is 17.4. The number of H-pyrrole nitrogens is 1. The van der Waals surface area contributed by atoms with Gasteiger partial charge in [-0.15, -0.1) is 0 Å². The van der Waals surface area contributed by atoms with E-state index in [0.717, 1.165) is 32.7 Å². The summed E-state index contributed by atoms with van der Waals surface area (Å²) in [5, 5.41) is 3.14. The van der Waals surface area contributed by atoms with Crippen molar-refractivity contribution >= 4 is 22.5 Å². The molecule has 31 heavy (non-hydrogen) atoms. The first-order chi connectivity index (χ1) is 15.0. The lowest BCUT2D eigenvalue weighted by Crippen LogP contribution is -2.45. The number of amides is 1. The van der Waals surface area contributed by atoms with E-state index in [9.17, 15) is 14.0 Å². The molecule has 0 atom stereocenters. The largest absolute Gasteiger partial charge is 0.490 e. The number of ether oxygens (including phenoxy) is 1. The number of aromatic nitrogens is 1. The minimum atomic E-state index is -0.503. The summed E-state index contributed by atoms with van der Waals surface area (Å²) in [5.74, 6) is -0.441. The van der Waals surface area contributed by atoms with Crippen LogP contribution in [0, 0.1) is 5.82 Å². The summed E-state index contributed by atoms with van der Waals surface area (Å²) >= 11 is 0. The molecular weight excluding hydrogens is 399 g/mol. The van der Waals surface area contributed by atoms with E-state index in [0.29, 0.717) is 28.9 Å². The van der Waals surface area contributed by atoms with E-state index in [-0.39, 0.29) is 5.56 Å². The fraction of sp³-hybridized carbons (Fsp3) is 0.304. The highest BCUT2D eigenvalue weighted by molar-refractivity contribution is 6.12. The highest BCUT2D eigenvalue weighted by Crippen LogP contribution is 2.25. The summed E-state index contributed by atoms with van der Waals surface area (Å²) in [6.07, 6.45) is 0. The molecule has 1 aliphatic rings. The van der Waals surface area contributed by atoms with Gasteiger partial charge in [-0.05, 0) is 37.4 Å². The van der Waals surface area contributed by atoms with Gasteiger partial charge in [0.05, 0.1) is 11.3 Å². The van der Waals surface area contributed by atoms with Crippen LogP contribution in [0.3, 0.4) is 0 Å². The first-order valence-electron chi connectivity index (χ1n) is 10.3. The van der Waals surface area contributed by atoms with Gasteiger partial charge in [-0.2, -0.15) is 0 Å². The minimum Gasteiger partial charge on any atom is -0.490 e. The van der Waals surface area contributed by atoms with Crippen molar-refractivity contribution in [1.29, 1.82) is 0 Å². The zero-order chi connectivity index (χ0) is 21.8. The first-order valence-corrected chi connectivity index (χ1v) is 10.3. The van der Waals surface area contributed by atoms with E-state index in [1.807, 2.05) is 6.07 Å². The molecular formula is C23H25FN4O3. The third-order valence-electron chi connectivity index (χ3n) is 5.45. The number of hydrogen-bond donors (Lipinski definition) is 2. The molecule has 3 aromatic rings. The second-order valence-electron chi connectivity index (χ2n) is 7.68. The van der Waals surface area contributed by atoms with Gasteiger partial charge in [0.2, 0.25) is 5.56 Å². The Labute approximate surface area is 179 Å². The maximum absolute atomic E-state index is 13.7. The van der Waals surface area contributed by atoms with Gasteiger partial charge in [0.15, 0.2) is 0 Å². The summed E-state index contributed by atoms with van der Waals surface area (Å²) in [7, 11) is 2.12. The van der Waals surface area contributed by atoms with Crippen molar-refractivity contribution < 1.29 is 13.9 Å². The maximum Gasteiger partial charge on any atom is 0.256 e. The Morgan fingerprint density at radius 1 is 1.13 bits per heavy atom. The van der Waals surface area contributed by atoms with Gasteiger partial charge in [0, 0.05) is 49.7 Å². The van der Waals surface area contributed by atoms with E-state index in [1.54, 1.807) is 18.2 Å². The van der Waals surface area contributed by atoms with E-state index in [1.165, 1.54) is 24.3 Å². The lowest BCUT2D eigenvalue weighted by Gasteiger charge is -2.32. The number of halogens is 1. The van der Waals surface area contributed by atoms with Crippen LogP contribution in [-0.2, 0) is 0 Å². The van der Waals surface area contributed by atoms with Crippen LogP contribution in [0.25, 0.3) is 10.9 Å². The van der Waals surface area contributed by atoms with E-state index in [2.05, 4.69) is 27.1 Å². The Hall–Kier alpha value is -3.23. The lowest BCUT2D eigenvalue weighted by molar-refractivity contribution is 0.102. The van der Waals surface area contributed by atoms with Crippen LogP contribution in [0.15, 0.2) is 53.3 Å².